The van der Waals surface area contributed by atoms with Gasteiger partial charge in [-0.15, -0.1) is 5.10 Å². The molecule has 0 saturated heterocycles. The van der Waals surface area contributed by atoms with Crippen LogP contribution in [0.5, 0.6) is 5.75 Å². The first-order valence-electron chi connectivity index (χ1n) is 6.71. The lowest BCUT2D eigenvalue weighted by Gasteiger charge is -2.06. The number of benzene rings is 1. The molecule has 0 spiro atoms. The lowest BCUT2D eigenvalue weighted by Crippen LogP contribution is -2.07. The third-order valence-corrected chi connectivity index (χ3v) is 3.23. The molecule has 0 aliphatic carbocycles. The topological polar surface area (TPSA) is 92.0 Å². The second-order valence-electron chi connectivity index (χ2n) is 4.52. The summed E-state index contributed by atoms with van der Waals surface area (Å²) in [6.45, 7) is 0.251. The van der Waals surface area contributed by atoms with Crippen molar-refractivity contribution in [3.05, 3.63) is 35.7 Å². The van der Waals surface area contributed by atoms with Gasteiger partial charge in [0.1, 0.15) is 5.75 Å². The second kappa shape index (κ2) is 6.57. The Balaban J connectivity index is 1.76. The molecule has 118 valence electrons. The Morgan fingerprint density at radius 3 is 2.83 bits per heavy atom. The molecular formula is C14H12ClN5O3. The van der Waals surface area contributed by atoms with E-state index in [-0.39, 0.29) is 24.3 Å². The number of ether oxygens (including phenoxy) is 2. The zero-order valence-corrected chi connectivity index (χ0v) is 12.9. The minimum Gasteiger partial charge on any atom is -0.493 e. The van der Waals surface area contributed by atoms with Gasteiger partial charge in [0.25, 0.3) is 0 Å². The van der Waals surface area contributed by atoms with E-state index in [4.69, 9.17) is 16.3 Å². The summed E-state index contributed by atoms with van der Waals surface area (Å²) in [6, 6.07) is 7.14. The largest absolute Gasteiger partial charge is 0.493 e. The Kier molecular flexibility index (Phi) is 4.33. The van der Waals surface area contributed by atoms with E-state index in [9.17, 15) is 4.79 Å². The number of hydrogen-bond acceptors (Lipinski definition) is 7. The highest BCUT2D eigenvalue weighted by molar-refractivity contribution is 6.28. The van der Waals surface area contributed by atoms with Crippen LogP contribution in [0.4, 0.5) is 0 Å². The Hall–Kier alpha value is -2.74. The van der Waals surface area contributed by atoms with E-state index in [0.717, 1.165) is 5.69 Å². The van der Waals surface area contributed by atoms with Gasteiger partial charge in [-0.2, -0.15) is 9.67 Å². The van der Waals surface area contributed by atoms with Crippen molar-refractivity contribution >= 4 is 28.7 Å². The second-order valence-corrected chi connectivity index (χ2v) is 4.86. The summed E-state index contributed by atoms with van der Waals surface area (Å²) in [5, 5.41) is 8.15. The smallest absolute Gasteiger partial charge is 0.308 e. The van der Waals surface area contributed by atoms with Crippen LogP contribution in [-0.4, -0.2) is 44.6 Å². The van der Waals surface area contributed by atoms with E-state index in [2.05, 4.69) is 25.0 Å². The number of carbonyl (C=O) groups excluding carboxylic acids is 1. The standard InChI is InChI=1S/C14H12ClN5O3/c1-22-12(21)6-7-23-10-4-2-9(3-5-10)20-13-11(18-19-20)8-16-14(15)17-13/h2-5,8H,6-7H2,1H3. The van der Waals surface area contributed by atoms with Gasteiger partial charge < -0.3 is 9.47 Å². The molecule has 0 fully saturated rings. The molecule has 1 aromatic carbocycles. The summed E-state index contributed by atoms with van der Waals surface area (Å²) in [5.41, 5.74) is 1.82. The zero-order valence-electron chi connectivity index (χ0n) is 12.1. The first-order valence-corrected chi connectivity index (χ1v) is 7.09. The van der Waals surface area contributed by atoms with Gasteiger partial charge >= 0.3 is 5.97 Å². The highest BCUT2D eigenvalue weighted by Gasteiger charge is 2.09. The molecule has 2 heterocycles. The molecule has 3 aromatic rings. The van der Waals surface area contributed by atoms with E-state index in [0.29, 0.717) is 16.9 Å². The van der Waals surface area contributed by atoms with E-state index in [1.54, 1.807) is 28.9 Å². The molecule has 0 bridgehead atoms. The number of fused-ring (bicyclic) bond motifs is 1. The first kappa shape index (κ1) is 15.2. The number of hydrogen-bond donors (Lipinski definition) is 0. The fourth-order valence-corrected chi connectivity index (χ4v) is 2.05. The number of methoxy groups -OCH3 is 1. The van der Waals surface area contributed by atoms with Crippen molar-refractivity contribution in [3.8, 4) is 11.4 Å². The molecule has 8 nitrogen and oxygen atoms in total. The molecule has 2 aromatic heterocycles. The molecule has 0 radical (unpaired) electrons. The molecule has 9 heteroatoms. The summed E-state index contributed by atoms with van der Waals surface area (Å²) in [4.78, 5) is 19.0. The fourth-order valence-electron chi connectivity index (χ4n) is 1.92. The maximum Gasteiger partial charge on any atom is 0.308 e. The van der Waals surface area contributed by atoms with Gasteiger partial charge in [0.05, 0.1) is 32.0 Å². The van der Waals surface area contributed by atoms with Crippen molar-refractivity contribution in [2.75, 3.05) is 13.7 Å². The summed E-state index contributed by atoms with van der Waals surface area (Å²) in [5.74, 6) is 0.321. The van der Waals surface area contributed by atoms with Crippen molar-refractivity contribution in [3.63, 3.8) is 0 Å². The number of nitrogens with zero attached hydrogens (tertiary/aromatic N) is 5. The Bertz CT molecular complexity index is 834. The van der Waals surface area contributed by atoms with E-state index >= 15 is 0 Å². The van der Waals surface area contributed by atoms with Gasteiger partial charge in [0.2, 0.25) is 5.28 Å². The summed E-state index contributed by atoms with van der Waals surface area (Å²) in [7, 11) is 1.34. The maximum absolute atomic E-state index is 11.0. The SMILES string of the molecule is COC(=O)CCOc1ccc(-n2nnc3cnc(Cl)nc32)cc1. The molecule has 0 aliphatic rings. The van der Waals surface area contributed by atoms with Crippen LogP contribution in [0, 0.1) is 0 Å². The fraction of sp³-hybridized carbons (Fsp3) is 0.214. The van der Waals surface area contributed by atoms with Gasteiger partial charge in [0.15, 0.2) is 11.2 Å². The summed E-state index contributed by atoms with van der Waals surface area (Å²) in [6.07, 6.45) is 1.71. The van der Waals surface area contributed by atoms with Crippen LogP contribution < -0.4 is 4.74 Å². The van der Waals surface area contributed by atoms with E-state index in [1.165, 1.54) is 13.3 Å². The molecule has 0 saturated carbocycles. The predicted octanol–water partition coefficient (Wildman–Crippen LogP) is 1.81. The predicted molar refractivity (Wildman–Crippen MR) is 81.6 cm³/mol. The van der Waals surface area contributed by atoms with Gasteiger partial charge in [-0.3, -0.25) is 4.79 Å². The highest BCUT2D eigenvalue weighted by Crippen LogP contribution is 2.18. The summed E-state index contributed by atoms with van der Waals surface area (Å²) >= 11 is 5.81. The number of halogens is 1. The number of carbonyl (C=O) groups is 1. The van der Waals surface area contributed by atoms with Crippen molar-refractivity contribution in [2.45, 2.75) is 6.42 Å². The quantitative estimate of drug-likeness (QED) is 0.519. The Morgan fingerprint density at radius 1 is 1.30 bits per heavy atom. The van der Waals surface area contributed by atoms with Crippen molar-refractivity contribution in [1.29, 1.82) is 0 Å². The number of esters is 1. The third kappa shape index (κ3) is 3.37. The van der Waals surface area contributed by atoms with Crippen molar-refractivity contribution in [1.82, 2.24) is 25.0 Å². The maximum atomic E-state index is 11.0. The average molecular weight is 334 g/mol. The van der Waals surface area contributed by atoms with Gasteiger partial charge in [-0.1, -0.05) is 5.21 Å². The molecule has 0 unspecified atom stereocenters. The molecule has 0 amide bonds. The molecule has 3 rings (SSSR count). The number of rotatable bonds is 5. The van der Waals surface area contributed by atoms with Crippen LogP contribution in [0.1, 0.15) is 6.42 Å². The molecule has 0 aliphatic heterocycles. The van der Waals surface area contributed by atoms with Crippen LogP contribution in [0.2, 0.25) is 5.28 Å². The van der Waals surface area contributed by atoms with E-state index < -0.39 is 0 Å². The van der Waals surface area contributed by atoms with Crippen LogP contribution in [0.15, 0.2) is 30.5 Å². The highest BCUT2D eigenvalue weighted by atomic mass is 35.5. The number of aromatic nitrogens is 5. The van der Waals surface area contributed by atoms with Gasteiger partial charge in [-0.25, -0.2) is 4.98 Å². The van der Waals surface area contributed by atoms with Crippen molar-refractivity contribution < 1.29 is 14.3 Å². The Labute approximate surface area is 136 Å². The molecule has 0 atom stereocenters. The van der Waals surface area contributed by atoms with Crippen molar-refractivity contribution in [2.24, 2.45) is 0 Å². The van der Waals surface area contributed by atoms with Crippen LogP contribution in [0.3, 0.4) is 0 Å². The molecule has 23 heavy (non-hydrogen) atoms. The van der Waals surface area contributed by atoms with Crippen LogP contribution in [-0.2, 0) is 9.53 Å². The lowest BCUT2D eigenvalue weighted by atomic mass is 10.3. The molecular weight excluding hydrogens is 322 g/mol. The van der Waals surface area contributed by atoms with Crippen LogP contribution in [0.25, 0.3) is 16.9 Å². The summed E-state index contributed by atoms with van der Waals surface area (Å²) < 4.78 is 11.6. The third-order valence-electron chi connectivity index (χ3n) is 3.05. The minimum absolute atomic E-state index is 0.129. The average Bonchev–Trinajstić information content (AvgIpc) is 2.98. The zero-order chi connectivity index (χ0) is 16.2. The molecule has 0 N–H and O–H groups in total. The van der Waals surface area contributed by atoms with Gasteiger partial charge in [0, 0.05) is 0 Å². The monoisotopic (exact) mass is 333 g/mol. The van der Waals surface area contributed by atoms with Crippen LogP contribution >= 0.6 is 11.6 Å². The first-order chi connectivity index (χ1) is 11.2. The van der Waals surface area contributed by atoms with Gasteiger partial charge in [-0.05, 0) is 35.9 Å². The minimum atomic E-state index is -0.313. The normalized spacial score (nSPS) is 10.7. The lowest BCUT2D eigenvalue weighted by molar-refractivity contribution is -0.141. The van der Waals surface area contributed by atoms with E-state index in [1.807, 2.05) is 0 Å². The Morgan fingerprint density at radius 2 is 2.09 bits per heavy atom.